The van der Waals surface area contributed by atoms with Gasteiger partial charge in [-0.1, -0.05) is 337 Å². The Morgan fingerprint density at radius 3 is 0.837 bits per heavy atom. The zero-order valence-corrected chi connectivity index (χ0v) is 71.6. The van der Waals surface area contributed by atoms with Crippen molar-refractivity contribution in [3.05, 3.63) is 438 Å². The van der Waals surface area contributed by atoms with Crippen LogP contribution in [-0.4, -0.2) is 57.3 Å². The Balaban J connectivity index is 0.000000105. The maximum atomic E-state index is 5.30. The molecule has 15 heteroatoms. The highest BCUT2D eigenvalue weighted by molar-refractivity contribution is 7.19. The predicted molar refractivity (Wildman–Crippen MR) is 538 cm³/mol. The number of fused-ring (bicyclic) bond motifs is 20. The Labute approximate surface area is 751 Å². The lowest BCUT2D eigenvalue weighted by atomic mass is 10.1. The lowest BCUT2D eigenvalue weighted by Crippen LogP contribution is -1.99. The van der Waals surface area contributed by atoms with Crippen LogP contribution in [0.3, 0.4) is 0 Å². The maximum absolute atomic E-state index is 5.30. The molecule has 27 rings (SSSR count). The molecule has 606 valence electrons. The number of aromatic nitrogens is 12. The molecule has 0 aliphatic carbocycles. The van der Waals surface area contributed by atoms with Crippen LogP contribution >= 0.6 is 34.0 Å². The molecule has 27 aromatic rings. The van der Waals surface area contributed by atoms with Gasteiger partial charge < -0.3 is 13.7 Å². The minimum atomic E-state index is 0.980. The van der Waals surface area contributed by atoms with Crippen LogP contribution in [0.2, 0.25) is 0 Å². The predicted octanol–water partition coefficient (Wildman–Crippen LogP) is 30.2. The van der Waals surface area contributed by atoms with Gasteiger partial charge in [-0.25, -0.2) is 15.0 Å². The number of hydrogen-bond donors (Lipinski definition) is 0. The summed E-state index contributed by atoms with van der Waals surface area (Å²) in [5, 5.41) is 21.1. The van der Waals surface area contributed by atoms with Crippen LogP contribution < -0.4 is 0 Å². The highest BCUT2D eigenvalue weighted by Gasteiger charge is 2.30. The van der Waals surface area contributed by atoms with E-state index < -0.39 is 0 Å². The monoisotopic (exact) mass is 1700 g/mol. The standard InChI is InChI=1S/3C38H24N4S/c1-3-12-25(13-4-1)34-38(43-37(40-34)26-14-5-2-6-15-26)42-33-20-10-8-18-29(33)31-22-21-30-28-17-7-9-19-32(28)41(35(30)36(31)42)27-16-11-23-39-24-27;1-3-12-25(13-4-1)36-38(43-37(40-36)26-14-5-2-6-15-26)42-31-20-10-8-18-29(31)35-33(42)22-21-32-34(35)28-17-7-9-19-30(28)41(32)27-16-11-23-39-24-27;1-3-12-25(13-4-1)36-38(43-37(40-36)26-14-5-2-6-15-26)42-33-20-10-8-18-29(33)31-22-30-28-17-7-9-19-32(28)41(34(30)23-35(31)42)27-16-11-21-39-24-27/h3*1-24H. The van der Waals surface area contributed by atoms with Crippen molar-refractivity contribution in [1.82, 2.24) is 57.3 Å². The third-order valence-electron chi connectivity index (χ3n) is 24.8. The first kappa shape index (κ1) is 75.0. The van der Waals surface area contributed by atoms with E-state index in [2.05, 4.69) is 425 Å². The van der Waals surface area contributed by atoms with Crippen molar-refractivity contribution >= 4 is 165 Å². The van der Waals surface area contributed by atoms with E-state index >= 15 is 0 Å². The summed E-state index contributed by atoms with van der Waals surface area (Å²) in [6.07, 6.45) is 11.3. The molecule has 0 radical (unpaired) electrons. The summed E-state index contributed by atoms with van der Waals surface area (Å²) in [4.78, 5) is 29.3. The van der Waals surface area contributed by atoms with Crippen molar-refractivity contribution in [1.29, 1.82) is 0 Å². The van der Waals surface area contributed by atoms with Crippen molar-refractivity contribution in [2.75, 3.05) is 0 Å². The molecule has 0 atom stereocenters. The van der Waals surface area contributed by atoms with Gasteiger partial charge in [-0.15, -0.1) is 0 Å². The largest absolute Gasteiger partial charge is 0.308 e. The summed E-state index contributed by atoms with van der Waals surface area (Å²) in [6.45, 7) is 0. The van der Waals surface area contributed by atoms with Crippen LogP contribution in [-0.2, 0) is 0 Å². The normalized spacial score (nSPS) is 11.7. The van der Waals surface area contributed by atoms with Gasteiger partial charge in [0.2, 0.25) is 0 Å². The Hall–Kier alpha value is -16.6. The molecular weight excluding hydrogens is 1630 g/mol. The van der Waals surface area contributed by atoms with Crippen LogP contribution in [0.25, 0.3) is 228 Å². The molecule has 15 aromatic carbocycles. The maximum Gasteiger partial charge on any atom is 0.129 e. The first-order valence-corrected chi connectivity index (χ1v) is 45.5. The fourth-order valence-electron chi connectivity index (χ4n) is 19.2. The zero-order valence-electron chi connectivity index (χ0n) is 69.2. The van der Waals surface area contributed by atoms with Crippen molar-refractivity contribution in [2.45, 2.75) is 0 Å². The Kier molecular flexibility index (Phi) is 18.2. The highest BCUT2D eigenvalue weighted by Crippen LogP contribution is 2.51. The Morgan fingerprint density at radius 1 is 0.178 bits per heavy atom. The summed E-state index contributed by atoms with van der Waals surface area (Å²) < 4.78 is 14.3. The molecule has 0 unspecified atom stereocenters. The van der Waals surface area contributed by atoms with E-state index in [1.54, 1.807) is 34.0 Å². The first-order valence-electron chi connectivity index (χ1n) is 43.0. The molecule has 0 saturated carbocycles. The summed E-state index contributed by atoms with van der Waals surface area (Å²) in [5.41, 5.74) is 26.7. The number of nitrogens with zero attached hydrogens (tertiary/aromatic N) is 12. The number of benzene rings is 15. The molecule has 129 heavy (non-hydrogen) atoms. The van der Waals surface area contributed by atoms with E-state index in [1.165, 1.54) is 103 Å². The van der Waals surface area contributed by atoms with Gasteiger partial charge in [0.25, 0.3) is 0 Å². The van der Waals surface area contributed by atoms with E-state index in [9.17, 15) is 0 Å². The number of pyridine rings is 3. The van der Waals surface area contributed by atoms with Gasteiger partial charge in [-0.05, 0) is 97.1 Å². The molecule has 12 heterocycles. The fraction of sp³-hybridized carbons (Fsp3) is 0. The van der Waals surface area contributed by atoms with Crippen molar-refractivity contribution in [3.8, 4) is 97.6 Å². The molecular formula is C114H72N12S3. The average Bonchev–Trinajstić information content (AvgIpc) is 1.53. The number of para-hydroxylation sites is 6. The summed E-state index contributed by atoms with van der Waals surface area (Å²) in [5.74, 6) is 0. The minimum absolute atomic E-state index is 0.980. The average molecular weight is 1710 g/mol. The summed E-state index contributed by atoms with van der Waals surface area (Å²) >= 11 is 5.23. The molecule has 0 bridgehead atoms. The van der Waals surface area contributed by atoms with Gasteiger partial charge in [0, 0.05) is 117 Å². The van der Waals surface area contributed by atoms with E-state index in [0.717, 1.165) is 125 Å². The van der Waals surface area contributed by atoms with E-state index in [0.29, 0.717) is 0 Å². The van der Waals surface area contributed by atoms with E-state index in [-0.39, 0.29) is 0 Å². The molecule has 0 fully saturated rings. The van der Waals surface area contributed by atoms with E-state index in [4.69, 9.17) is 15.0 Å². The molecule has 0 spiro atoms. The third kappa shape index (κ3) is 12.4. The number of thiazole rings is 3. The molecule has 12 nitrogen and oxygen atoms in total. The van der Waals surface area contributed by atoms with Gasteiger partial charge in [0.05, 0.1) is 102 Å². The molecule has 0 saturated heterocycles. The lowest BCUT2D eigenvalue weighted by Gasteiger charge is -2.12. The second-order valence-corrected chi connectivity index (χ2v) is 35.0. The van der Waals surface area contributed by atoms with E-state index in [1.807, 2.05) is 55.4 Å². The van der Waals surface area contributed by atoms with Gasteiger partial charge >= 0.3 is 0 Å². The fourth-order valence-corrected chi connectivity index (χ4v) is 22.6. The Morgan fingerprint density at radius 2 is 0.450 bits per heavy atom. The molecule has 0 aliphatic heterocycles. The SMILES string of the molecule is c1ccc(-c2nc(-c3ccccc3)c(-n3c4ccccc4c4c5c6ccccc6n(-c6cccnc6)c5ccc43)s2)cc1.c1ccc(-c2nc(-c3ccccc3)c(-n3c4ccccc4c4cc5c6ccccc6n(-c6cccnc6)c5cc43)s2)cc1.c1ccc(-c2nc(-c3ccccc3)c(-n3c4ccccc4c4ccc5c6ccccc6n(-c6cccnc6)c5c43)s2)cc1. The lowest BCUT2D eigenvalue weighted by molar-refractivity contribution is 1.13. The second-order valence-electron chi connectivity index (χ2n) is 32.1. The first-order chi connectivity index (χ1) is 64.1. The van der Waals surface area contributed by atoms with Crippen LogP contribution in [0.1, 0.15) is 0 Å². The second kappa shape index (κ2) is 31.3. The van der Waals surface area contributed by atoms with Crippen LogP contribution in [0.5, 0.6) is 0 Å². The summed E-state index contributed by atoms with van der Waals surface area (Å²) in [7, 11) is 0. The smallest absolute Gasteiger partial charge is 0.129 e. The van der Waals surface area contributed by atoms with Crippen molar-refractivity contribution in [3.63, 3.8) is 0 Å². The molecule has 0 amide bonds. The quantitative estimate of drug-likeness (QED) is 0.121. The topological polar surface area (TPSA) is 107 Å². The molecule has 0 N–H and O–H groups in total. The highest BCUT2D eigenvalue weighted by atomic mass is 32.1. The third-order valence-corrected chi connectivity index (χ3v) is 28.0. The zero-order chi connectivity index (χ0) is 85.0. The van der Waals surface area contributed by atoms with Crippen LogP contribution in [0.4, 0.5) is 0 Å². The number of rotatable bonds is 12. The number of hydrogen-bond acceptors (Lipinski definition) is 9. The Bertz CT molecular complexity index is 8960. The van der Waals surface area contributed by atoms with Gasteiger partial charge in [0.1, 0.15) is 47.1 Å². The summed E-state index contributed by atoms with van der Waals surface area (Å²) in [6, 6.07) is 142. The molecule has 12 aromatic heterocycles. The van der Waals surface area contributed by atoms with Crippen LogP contribution in [0, 0.1) is 0 Å². The van der Waals surface area contributed by atoms with Gasteiger partial charge in [-0.2, -0.15) is 0 Å². The minimum Gasteiger partial charge on any atom is -0.308 e. The van der Waals surface area contributed by atoms with Crippen LogP contribution in [0.15, 0.2) is 438 Å². The van der Waals surface area contributed by atoms with Gasteiger partial charge in [0.15, 0.2) is 0 Å². The van der Waals surface area contributed by atoms with Crippen molar-refractivity contribution < 1.29 is 0 Å². The van der Waals surface area contributed by atoms with Gasteiger partial charge in [-0.3, -0.25) is 28.7 Å². The molecule has 0 aliphatic rings. The van der Waals surface area contributed by atoms with Crippen molar-refractivity contribution in [2.24, 2.45) is 0 Å².